The predicted octanol–water partition coefficient (Wildman–Crippen LogP) is 3.03. The Hall–Kier alpha value is -3.98. The van der Waals surface area contributed by atoms with Gasteiger partial charge in [-0.05, 0) is 50.5 Å². The molecule has 9 nitrogen and oxygen atoms in total. The maximum absolute atomic E-state index is 13.6. The van der Waals surface area contributed by atoms with Crippen molar-refractivity contribution < 1.29 is 19.5 Å². The molecule has 0 bridgehead atoms. The van der Waals surface area contributed by atoms with E-state index in [0.717, 1.165) is 29.8 Å². The number of imide groups is 1. The highest BCUT2D eigenvalue weighted by atomic mass is 16.3. The van der Waals surface area contributed by atoms with Gasteiger partial charge in [-0.25, -0.2) is 0 Å². The molecule has 2 aromatic carbocycles. The van der Waals surface area contributed by atoms with Gasteiger partial charge in [0.1, 0.15) is 0 Å². The zero-order valence-electron chi connectivity index (χ0n) is 22.5. The van der Waals surface area contributed by atoms with Gasteiger partial charge in [0.05, 0.1) is 41.6 Å². The summed E-state index contributed by atoms with van der Waals surface area (Å²) in [5.74, 6) is -0.857. The minimum Gasteiger partial charge on any atom is -0.395 e. The smallest absolute Gasteiger partial charge is 0.263 e. The number of aliphatic hydroxyl groups excluding tert-OH is 1. The standard InChI is InChI=1S/C30H35N5O4/c1-21-18-22(2)35(31-21)15-14-34-29(38)25-11-6-12-26(27(25)30(34)39)32-13-7-10-24(20-32)28(37)33(16-17-36)19-23-8-4-3-5-9-23/h3-6,8-9,11-12,18,24,36H,7,10,13-17,19-20H2,1-2H3/t24-/m0/s1. The maximum Gasteiger partial charge on any atom is 0.263 e. The molecule has 1 atom stereocenters. The van der Waals surface area contributed by atoms with E-state index in [1.165, 1.54) is 4.90 Å². The summed E-state index contributed by atoms with van der Waals surface area (Å²) in [5, 5.41) is 14.1. The summed E-state index contributed by atoms with van der Waals surface area (Å²) in [5.41, 5.74) is 4.42. The molecule has 5 rings (SSSR count). The van der Waals surface area contributed by atoms with Gasteiger partial charge in [0.15, 0.2) is 0 Å². The topological polar surface area (TPSA) is 99.0 Å². The number of hydrogen-bond acceptors (Lipinski definition) is 6. The van der Waals surface area contributed by atoms with Crippen molar-refractivity contribution in [2.45, 2.75) is 39.8 Å². The van der Waals surface area contributed by atoms with Crippen LogP contribution in [0.15, 0.2) is 54.6 Å². The van der Waals surface area contributed by atoms with E-state index in [1.807, 2.05) is 67.1 Å². The van der Waals surface area contributed by atoms with E-state index in [-0.39, 0.29) is 43.3 Å². The molecule has 2 aliphatic heterocycles. The number of aliphatic hydroxyl groups is 1. The van der Waals surface area contributed by atoms with Crippen LogP contribution in [0.1, 0.15) is 50.5 Å². The normalized spacial score (nSPS) is 17.1. The number of carbonyl (C=O) groups is 3. The molecule has 1 fully saturated rings. The highest BCUT2D eigenvalue weighted by molar-refractivity contribution is 6.23. The first-order valence-corrected chi connectivity index (χ1v) is 13.6. The minimum atomic E-state index is -0.299. The van der Waals surface area contributed by atoms with Crippen molar-refractivity contribution >= 4 is 23.4 Å². The van der Waals surface area contributed by atoms with Crippen LogP contribution in [0.25, 0.3) is 0 Å². The molecular formula is C30H35N5O4. The molecule has 1 aromatic heterocycles. The monoisotopic (exact) mass is 529 g/mol. The van der Waals surface area contributed by atoms with Gasteiger partial charge in [0, 0.05) is 38.4 Å². The number of aromatic nitrogens is 2. The highest BCUT2D eigenvalue weighted by Crippen LogP contribution is 2.34. The summed E-state index contributed by atoms with van der Waals surface area (Å²) >= 11 is 0. The Morgan fingerprint density at radius 3 is 2.56 bits per heavy atom. The van der Waals surface area contributed by atoms with Crippen LogP contribution in [0.4, 0.5) is 5.69 Å². The maximum atomic E-state index is 13.6. The molecule has 3 aromatic rings. The molecule has 0 aliphatic carbocycles. The van der Waals surface area contributed by atoms with Crippen molar-refractivity contribution in [2.24, 2.45) is 5.92 Å². The third-order valence-corrected chi connectivity index (χ3v) is 7.62. The minimum absolute atomic E-state index is 0.000838. The van der Waals surface area contributed by atoms with Crippen molar-refractivity contribution in [1.29, 1.82) is 0 Å². The number of aryl methyl sites for hydroxylation is 2. The van der Waals surface area contributed by atoms with Gasteiger partial charge >= 0.3 is 0 Å². The molecule has 9 heteroatoms. The Balaban J connectivity index is 1.32. The molecule has 3 amide bonds. The number of amides is 3. The SMILES string of the molecule is Cc1cc(C)n(CCN2C(=O)c3cccc(N4CCC[C@H](C(=O)N(CCO)Cc5ccccc5)C4)c3C2=O)n1. The van der Waals surface area contributed by atoms with Crippen LogP contribution in [0.2, 0.25) is 0 Å². The summed E-state index contributed by atoms with van der Waals surface area (Å²) < 4.78 is 1.81. The van der Waals surface area contributed by atoms with E-state index in [9.17, 15) is 19.5 Å². The Labute approximate surface area is 228 Å². The Morgan fingerprint density at radius 2 is 1.85 bits per heavy atom. The summed E-state index contributed by atoms with van der Waals surface area (Å²) in [7, 11) is 0. The Kier molecular flexibility index (Phi) is 7.79. The molecule has 1 saturated heterocycles. The summed E-state index contributed by atoms with van der Waals surface area (Å²) in [6.07, 6.45) is 1.53. The van der Waals surface area contributed by atoms with E-state index < -0.39 is 0 Å². The highest BCUT2D eigenvalue weighted by Gasteiger charge is 2.39. The summed E-state index contributed by atoms with van der Waals surface area (Å²) in [6.45, 7) is 6.30. The van der Waals surface area contributed by atoms with Crippen molar-refractivity contribution in [3.63, 3.8) is 0 Å². The second kappa shape index (κ2) is 11.4. The fourth-order valence-electron chi connectivity index (χ4n) is 5.73. The number of rotatable bonds is 9. The van der Waals surface area contributed by atoms with Gasteiger partial charge < -0.3 is 14.9 Å². The molecule has 2 aliphatic rings. The zero-order valence-corrected chi connectivity index (χ0v) is 22.5. The quantitative estimate of drug-likeness (QED) is 0.428. The fourth-order valence-corrected chi connectivity index (χ4v) is 5.73. The lowest BCUT2D eigenvalue weighted by atomic mass is 9.94. The van der Waals surface area contributed by atoms with Gasteiger partial charge in [-0.2, -0.15) is 5.10 Å². The van der Waals surface area contributed by atoms with Crippen LogP contribution in [-0.4, -0.2) is 75.2 Å². The molecule has 0 saturated carbocycles. The Morgan fingerprint density at radius 1 is 1.05 bits per heavy atom. The van der Waals surface area contributed by atoms with E-state index in [1.54, 1.807) is 11.0 Å². The van der Waals surface area contributed by atoms with Crippen LogP contribution < -0.4 is 4.90 Å². The lowest BCUT2D eigenvalue weighted by molar-refractivity contribution is -0.137. The van der Waals surface area contributed by atoms with Crippen LogP contribution in [-0.2, 0) is 17.9 Å². The van der Waals surface area contributed by atoms with Crippen molar-refractivity contribution in [3.8, 4) is 0 Å². The first-order valence-electron chi connectivity index (χ1n) is 13.6. The number of anilines is 1. The second-order valence-corrected chi connectivity index (χ2v) is 10.4. The third-order valence-electron chi connectivity index (χ3n) is 7.62. The van der Waals surface area contributed by atoms with Crippen molar-refractivity contribution in [2.75, 3.05) is 37.7 Å². The van der Waals surface area contributed by atoms with Crippen LogP contribution >= 0.6 is 0 Å². The second-order valence-electron chi connectivity index (χ2n) is 10.4. The van der Waals surface area contributed by atoms with Crippen molar-refractivity contribution in [1.82, 2.24) is 19.6 Å². The van der Waals surface area contributed by atoms with E-state index in [2.05, 4.69) is 10.00 Å². The Bertz CT molecular complexity index is 1370. The van der Waals surface area contributed by atoms with Crippen LogP contribution in [0.5, 0.6) is 0 Å². The summed E-state index contributed by atoms with van der Waals surface area (Å²) in [4.78, 5) is 45.4. The van der Waals surface area contributed by atoms with E-state index in [0.29, 0.717) is 43.0 Å². The largest absolute Gasteiger partial charge is 0.395 e. The van der Waals surface area contributed by atoms with Gasteiger partial charge in [-0.15, -0.1) is 0 Å². The number of fused-ring (bicyclic) bond motifs is 1. The molecule has 0 spiro atoms. The van der Waals surface area contributed by atoms with Gasteiger partial charge in [0.25, 0.3) is 11.8 Å². The number of carbonyl (C=O) groups excluding carboxylic acids is 3. The van der Waals surface area contributed by atoms with E-state index in [4.69, 9.17) is 0 Å². The lowest BCUT2D eigenvalue weighted by Crippen LogP contribution is -2.45. The molecular weight excluding hydrogens is 494 g/mol. The van der Waals surface area contributed by atoms with Gasteiger partial charge in [-0.3, -0.25) is 24.0 Å². The number of nitrogens with zero attached hydrogens (tertiary/aromatic N) is 5. The lowest BCUT2D eigenvalue weighted by Gasteiger charge is -2.36. The average molecular weight is 530 g/mol. The third kappa shape index (κ3) is 5.45. The number of benzene rings is 2. The first-order chi connectivity index (χ1) is 18.9. The molecule has 204 valence electrons. The molecule has 0 radical (unpaired) electrons. The van der Waals surface area contributed by atoms with Gasteiger partial charge in [-0.1, -0.05) is 36.4 Å². The fraction of sp³-hybridized carbons (Fsp3) is 0.400. The molecule has 1 N–H and O–H groups in total. The van der Waals surface area contributed by atoms with E-state index >= 15 is 0 Å². The predicted molar refractivity (Wildman–Crippen MR) is 147 cm³/mol. The number of hydrogen-bond donors (Lipinski definition) is 1. The molecule has 0 unspecified atom stereocenters. The first kappa shape index (κ1) is 26.6. The molecule has 3 heterocycles. The molecule has 39 heavy (non-hydrogen) atoms. The van der Waals surface area contributed by atoms with Crippen LogP contribution in [0.3, 0.4) is 0 Å². The van der Waals surface area contributed by atoms with Crippen LogP contribution in [0, 0.1) is 19.8 Å². The van der Waals surface area contributed by atoms with Gasteiger partial charge in [0.2, 0.25) is 5.91 Å². The zero-order chi connectivity index (χ0) is 27.5. The average Bonchev–Trinajstić information content (AvgIpc) is 3.40. The number of piperidine rings is 1. The summed E-state index contributed by atoms with van der Waals surface area (Å²) in [6, 6.07) is 17.1. The van der Waals surface area contributed by atoms with Crippen molar-refractivity contribution in [3.05, 3.63) is 82.7 Å².